The fourth-order valence-electron chi connectivity index (χ4n) is 2.57. The van der Waals surface area contributed by atoms with E-state index < -0.39 is 0 Å². The summed E-state index contributed by atoms with van der Waals surface area (Å²) in [6.45, 7) is 9.95. The van der Waals surface area contributed by atoms with Gasteiger partial charge in [-0.2, -0.15) is 0 Å². The third-order valence-corrected chi connectivity index (χ3v) is 4.11. The molecule has 0 saturated heterocycles. The van der Waals surface area contributed by atoms with Gasteiger partial charge < -0.3 is 10.1 Å². The molecule has 0 saturated carbocycles. The molecule has 0 aromatic heterocycles. The van der Waals surface area contributed by atoms with Crippen LogP contribution < -0.4 is 10.1 Å². The van der Waals surface area contributed by atoms with Gasteiger partial charge in [0.25, 0.3) is 5.91 Å². The summed E-state index contributed by atoms with van der Waals surface area (Å²) >= 11 is 0. The molecule has 0 radical (unpaired) electrons. The van der Waals surface area contributed by atoms with Gasteiger partial charge in [-0.15, -0.1) is 0 Å². The number of rotatable bonds is 9. The monoisotopic (exact) mass is 340 g/mol. The van der Waals surface area contributed by atoms with E-state index in [2.05, 4.69) is 31.0 Å². The molecule has 0 aliphatic heterocycles. The number of benzene rings is 2. The van der Waals surface area contributed by atoms with Crippen LogP contribution in [0.2, 0.25) is 0 Å². The van der Waals surface area contributed by atoms with Crippen LogP contribution in [0.5, 0.6) is 5.75 Å². The minimum absolute atomic E-state index is 0.123. The highest BCUT2D eigenvalue weighted by Gasteiger charge is 2.10. The van der Waals surface area contributed by atoms with Crippen LogP contribution in [0.1, 0.15) is 43.1 Å². The molecule has 0 unspecified atom stereocenters. The van der Waals surface area contributed by atoms with Crippen LogP contribution in [0.3, 0.4) is 0 Å². The summed E-state index contributed by atoms with van der Waals surface area (Å²) in [5.74, 6) is 0.581. The highest BCUT2D eigenvalue weighted by molar-refractivity contribution is 6.05. The number of amides is 1. The van der Waals surface area contributed by atoms with Crippen LogP contribution >= 0.6 is 0 Å². The van der Waals surface area contributed by atoms with Gasteiger partial charge in [0.05, 0.1) is 12.3 Å². The summed E-state index contributed by atoms with van der Waals surface area (Å²) in [4.78, 5) is 14.9. The first-order valence-corrected chi connectivity index (χ1v) is 9.02. The van der Waals surface area contributed by atoms with Gasteiger partial charge in [-0.1, -0.05) is 45.0 Å². The molecule has 2 rings (SSSR count). The van der Waals surface area contributed by atoms with Gasteiger partial charge in [0.15, 0.2) is 0 Å². The zero-order valence-electron chi connectivity index (χ0n) is 15.4. The Labute approximate surface area is 150 Å². The standard InChI is InChI=1S/C21H28N2O2/c1-4-15-25-20-10-8-7-9-19(20)22-21(24)18-13-11-17(12-14-18)16-23(5-2)6-3/h7-14H,4-6,15-16H2,1-3H3,(H,22,24). The number of nitrogens with one attached hydrogen (secondary N) is 1. The molecule has 0 aliphatic rings. The van der Waals surface area contributed by atoms with Gasteiger partial charge in [-0.3, -0.25) is 9.69 Å². The molecular formula is C21H28N2O2. The minimum Gasteiger partial charge on any atom is -0.491 e. The average Bonchev–Trinajstić information content (AvgIpc) is 2.65. The molecule has 4 nitrogen and oxygen atoms in total. The number of ether oxygens (including phenoxy) is 1. The number of anilines is 1. The average molecular weight is 340 g/mol. The van der Waals surface area contributed by atoms with Crippen LogP contribution in [0.15, 0.2) is 48.5 Å². The molecule has 4 heteroatoms. The predicted molar refractivity (Wildman–Crippen MR) is 103 cm³/mol. The summed E-state index contributed by atoms with van der Waals surface area (Å²) in [6.07, 6.45) is 0.927. The van der Waals surface area contributed by atoms with E-state index >= 15 is 0 Å². The molecule has 1 amide bonds. The number of hydrogen-bond donors (Lipinski definition) is 1. The predicted octanol–water partition coefficient (Wildman–Crippen LogP) is 4.57. The smallest absolute Gasteiger partial charge is 0.255 e. The molecule has 25 heavy (non-hydrogen) atoms. The van der Waals surface area contributed by atoms with Crippen molar-refractivity contribution in [2.75, 3.05) is 25.0 Å². The van der Waals surface area contributed by atoms with Gasteiger partial charge in [-0.25, -0.2) is 0 Å². The Bertz CT molecular complexity index is 664. The largest absolute Gasteiger partial charge is 0.491 e. The third kappa shape index (κ3) is 5.61. The Kier molecular flexibility index (Phi) is 7.48. The summed E-state index contributed by atoms with van der Waals surface area (Å²) in [6, 6.07) is 15.3. The van der Waals surface area contributed by atoms with Crippen molar-refractivity contribution in [2.45, 2.75) is 33.7 Å². The van der Waals surface area contributed by atoms with E-state index in [-0.39, 0.29) is 5.91 Å². The van der Waals surface area contributed by atoms with Crippen LogP contribution in [-0.2, 0) is 6.54 Å². The van der Waals surface area contributed by atoms with E-state index in [1.165, 1.54) is 5.56 Å². The Balaban J connectivity index is 2.04. The van der Waals surface area contributed by atoms with Crippen molar-refractivity contribution in [3.63, 3.8) is 0 Å². The Morgan fingerprint density at radius 2 is 1.68 bits per heavy atom. The van der Waals surface area contributed by atoms with Crippen molar-refractivity contribution in [2.24, 2.45) is 0 Å². The molecule has 2 aromatic carbocycles. The number of carbonyl (C=O) groups is 1. The maximum Gasteiger partial charge on any atom is 0.255 e. The summed E-state index contributed by atoms with van der Waals surface area (Å²) < 4.78 is 5.69. The number of carbonyl (C=O) groups excluding carboxylic acids is 1. The highest BCUT2D eigenvalue weighted by Crippen LogP contribution is 2.24. The second-order valence-corrected chi connectivity index (χ2v) is 5.96. The van der Waals surface area contributed by atoms with E-state index in [0.29, 0.717) is 23.6 Å². The van der Waals surface area contributed by atoms with Gasteiger partial charge in [0.2, 0.25) is 0 Å². The topological polar surface area (TPSA) is 41.6 Å². The van der Waals surface area contributed by atoms with Gasteiger partial charge in [0, 0.05) is 12.1 Å². The van der Waals surface area contributed by atoms with Crippen molar-refractivity contribution in [1.82, 2.24) is 4.90 Å². The molecule has 0 heterocycles. The van der Waals surface area contributed by atoms with E-state index in [1.54, 1.807) is 0 Å². The van der Waals surface area contributed by atoms with Gasteiger partial charge >= 0.3 is 0 Å². The lowest BCUT2D eigenvalue weighted by Crippen LogP contribution is -2.22. The molecule has 134 valence electrons. The van der Waals surface area contributed by atoms with Gasteiger partial charge in [0.1, 0.15) is 5.75 Å². The van der Waals surface area contributed by atoms with E-state index in [4.69, 9.17) is 4.74 Å². The minimum atomic E-state index is -0.123. The van der Waals surface area contributed by atoms with Crippen molar-refractivity contribution >= 4 is 11.6 Å². The Morgan fingerprint density at radius 3 is 2.32 bits per heavy atom. The van der Waals surface area contributed by atoms with Crippen LogP contribution in [-0.4, -0.2) is 30.5 Å². The second kappa shape index (κ2) is 9.84. The SMILES string of the molecule is CCCOc1ccccc1NC(=O)c1ccc(CN(CC)CC)cc1. The van der Waals surface area contributed by atoms with Crippen LogP contribution in [0.25, 0.3) is 0 Å². The number of para-hydroxylation sites is 2. The fourth-order valence-corrected chi connectivity index (χ4v) is 2.57. The fraction of sp³-hybridized carbons (Fsp3) is 0.381. The molecular weight excluding hydrogens is 312 g/mol. The molecule has 2 aromatic rings. The lowest BCUT2D eigenvalue weighted by molar-refractivity contribution is 0.102. The summed E-state index contributed by atoms with van der Waals surface area (Å²) in [5.41, 5.74) is 2.56. The van der Waals surface area contributed by atoms with Gasteiger partial charge in [-0.05, 0) is 49.3 Å². The van der Waals surface area contributed by atoms with Crippen molar-refractivity contribution in [3.8, 4) is 5.75 Å². The van der Waals surface area contributed by atoms with Crippen LogP contribution in [0.4, 0.5) is 5.69 Å². The number of hydrogen-bond acceptors (Lipinski definition) is 3. The lowest BCUT2D eigenvalue weighted by Gasteiger charge is -2.18. The third-order valence-electron chi connectivity index (χ3n) is 4.11. The zero-order chi connectivity index (χ0) is 18.1. The molecule has 0 bridgehead atoms. The summed E-state index contributed by atoms with van der Waals surface area (Å²) in [5, 5.41) is 2.94. The normalized spacial score (nSPS) is 10.7. The maximum atomic E-state index is 12.5. The van der Waals surface area contributed by atoms with E-state index in [1.807, 2.05) is 48.5 Å². The molecule has 0 fully saturated rings. The highest BCUT2D eigenvalue weighted by atomic mass is 16.5. The lowest BCUT2D eigenvalue weighted by atomic mass is 10.1. The summed E-state index contributed by atoms with van der Waals surface area (Å²) in [7, 11) is 0. The first-order chi connectivity index (χ1) is 12.2. The van der Waals surface area contributed by atoms with E-state index in [9.17, 15) is 4.79 Å². The second-order valence-electron chi connectivity index (χ2n) is 5.96. The Morgan fingerprint density at radius 1 is 1.00 bits per heavy atom. The first kappa shape index (κ1) is 19.0. The Hall–Kier alpha value is -2.33. The molecule has 0 aliphatic carbocycles. The van der Waals surface area contributed by atoms with Crippen molar-refractivity contribution in [3.05, 3.63) is 59.7 Å². The van der Waals surface area contributed by atoms with Crippen molar-refractivity contribution < 1.29 is 9.53 Å². The number of nitrogens with zero attached hydrogens (tertiary/aromatic N) is 1. The maximum absolute atomic E-state index is 12.5. The van der Waals surface area contributed by atoms with Crippen LogP contribution in [0, 0.1) is 0 Å². The molecule has 1 N–H and O–H groups in total. The molecule has 0 atom stereocenters. The first-order valence-electron chi connectivity index (χ1n) is 9.02. The zero-order valence-corrected chi connectivity index (χ0v) is 15.4. The van der Waals surface area contributed by atoms with Crippen molar-refractivity contribution in [1.29, 1.82) is 0 Å². The van der Waals surface area contributed by atoms with E-state index in [0.717, 1.165) is 26.1 Å². The molecule has 0 spiro atoms. The quantitative estimate of drug-likeness (QED) is 0.727.